The summed E-state index contributed by atoms with van der Waals surface area (Å²) in [5.74, 6) is 8.19. The first kappa shape index (κ1) is 14.1. The topological polar surface area (TPSA) is 46.2 Å². The van der Waals surface area contributed by atoms with Crippen LogP contribution in [0.2, 0.25) is 0 Å². The first-order valence-electron chi connectivity index (χ1n) is 5.72. The Balaban J connectivity index is 2.48. The third-order valence-corrected chi connectivity index (χ3v) is 3.59. The number of thioether (sulfide) groups is 1. The van der Waals surface area contributed by atoms with Gasteiger partial charge in [-0.15, -0.1) is 0 Å². The number of nitrogens with two attached hydrogens (primary N) is 1. The van der Waals surface area contributed by atoms with E-state index in [-0.39, 0.29) is 6.61 Å². The van der Waals surface area contributed by atoms with Crippen LogP contribution in [0.4, 0.5) is 0 Å². The lowest BCUT2D eigenvalue weighted by molar-refractivity contribution is 0.250. The van der Waals surface area contributed by atoms with Crippen molar-refractivity contribution in [3.63, 3.8) is 0 Å². The molecule has 3 N–H and O–H groups in total. The van der Waals surface area contributed by atoms with Gasteiger partial charge in [0.2, 0.25) is 0 Å². The van der Waals surface area contributed by atoms with Gasteiger partial charge >= 0.3 is 0 Å². The molecule has 0 aliphatic rings. The molecule has 1 aromatic rings. The summed E-state index contributed by atoms with van der Waals surface area (Å²) in [6, 6.07) is 8.21. The molecule has 0 aromatic heterocycles. The van der Waals surface area contributed by atoms with Crippen molar-refractivity contribution >= 4 is 11.8 Å². The van der Waals surface area contributed by atoms with E-state index in [2.05, 4.69) is 30.9 Å². The third kappa shape index (κ3) is 5.78. The first-order valence-corrected chi connectivity index (χ1v) is 6.88. The van der Waals surface area contributed by atoms with Crippen molar-refractivity contribution in [2.45, 2.75) is 12.7 Å². The van der Waals surface area contributed by atoms with Crippen LogP contribution < -0.4 is 5.73 Å². The summed E-state index contributed by atoms with van der Waals surface area (Å²) in [6.07, 6.45) is 0. The summed E-state index contributed by atoms with van der Waals surface area (Å²) in [5.41, 5.74) is 7.63. The molecule has 0 aliphatic carbocycles. The molecule has 1 atom stereocenters. The van der Waals surface area contributed by atoms with Crippen LogP contribution in [-0.2, 0) is 5.75 Å². The molecule has 1 aromatic carbocycles. The number of aliphatic hydroxyl groups is 1. The smallest absolute Gasteiger partial charge is 0.0555 e. The van der Waals surface area contributed by atoms with E-state index in [1.54, 1.807) is 0 Å². The second-order valence-corrected chi connectivity index (χ2v) is 5.04. The minimum atomic E-state index is 0.259. The maximum Gasteiger partial charge on any atom is 0.0555 e. The van der Waals surface area contributed by atoms with Crippen LogP contribution >= 0.6 is 11.8 Å². The van der Waals surface area contributed by atoms with Gasteiger partial charge in [0.1, 0.15) is 0 Å². The Morgan fingerprint density at radius 2 is 2.29 bits per heavy atom. The fourth-order valence-electron chi connectivity index (χ4n) is 1.32. The van der Waals surface area contributed by atoms with Gasteiger partial charge in [0, 0.05) is 17.9 Å². The highest BCUT2D eigenvalue weighted by Gasteiger charge is 2.00. The number of aliphatic hydroxyl groups excluding tert-OH is 1. The number of benzene rings is 1. The van der Waals surface area contributed by atoms with Crippen molar-refractivity contribution in [1.29, 1.82) is 0 Å². The Morgan fingerprint density at radius 3 is 3.00 bits per heavy atom. The summed E-state index contributed by atoms with van der Waals surface area (Å²) >= 11 is 1.84. The molecule has 0 radical (unpaired) electrons. The Bertz CT molecular complexity index is 395. The van der Waals surface area contributed by atoms with Crippen LogP contribution in [0, 0.1) is 17.8 Å². The van der Waals surface area contributed by atoms with E-state index < -0.39 is 0 Å². The molecular formula is C14H19NOS. The van der Waals surface area contributed by atoms with Gasteiger partial charge in [0.05, 0.1) is 6.54 Å². The highest BCUT2D eigenvalue weighted by atomic mass is 32.2. The van der Waals surface area contributed by atoms with Gasteiger partial charge in [-0.3, -0.25) is 0 Å². The predicted molar refractivity (Wildman–Crippen MR) is 74.8 cm³/mol. The fraction of sp³-hybridized carbons (Fsp3) is 0.429. The maximum absolute atomic E-state index is 8.93. The lowest BCUT2D eigenvalue weighted by Gasteiger charge is -2.07. The standard InChI is InChI=1S/C14H19NOS/c1-12(9-16)10-17-11-14-5-2-4-13(8-14)6-3-7-15/h2,4-5,8,12,16H,7,9-11,15H2,1H3. The molecule has 1 unspecified atom stereocenters. The monoisotopic (exact) mass is 249 g/mol. The van der Waals surface area contributed by atoms with Gasteiger partial charge in [0.15, 0.2) is 0 Å². The molecule has 3 heteroatoms. The predicted octanol–water partition coefficient (Wildman–Crippen LogP) is 1.86. The van der Waals surface area contributed by atoms with Crippen molar-refractivity contribution < 1.29 is 5.11 Å². The third-order valence-electron chi connectivity index (χ3n) is 2.24. The Morgan fingerprint density at radius 1 is 1.47 bits per heavy atom. The molecule has 17 heavy (non-hydrogen) atoms. The fourth-order valence-corrected chi connectivity index (χ4v) is 2.36. The SMILES string of the molecule is CC(CO)CSCc1cccc(C#CCN)c1. The highest BCUT2D eigenvalue weighted by molar-refractivity contribution is 7.98. The molecule has 0 aliphatic heterocycles. The van der Waals surface area contributed by atoms with Crippen molar-refractivity contribution in [2.75, 3.05) is 18.9 Å². The van der Waals surface area contributed by atoms with E-state index in [0.29, 0.717) is 12.5 Å². The molecule has 0 spiro atoms. The van der Waals surface area contributed by atoms with Crippen LogP contribution in [-0.4, -0.2) is 24.0 Å². The van der Waals surface area contributed by atoms with Crippen molar-refractivity contribution in [3.8, 4) is 11.8 Å². The molecule has 0 fully saturated rings. The molecule has 2 nitrogen and oxygen atoms in total. The highest BCUT2D eigenvalue weighted by Crippen LogP contribution is 2.16. The van der Waals surface area contributed by atoms with Crippen molar-refractivity contribution in [2.24, 2.45) is 11.7 Å². The molecule has 0 heterocycles. The molecule has 1 rings (SSSR count). The van der Waals surface area contributed by atoms with Gasteiger partial charge in [-0.25, -0.2) is 0 Å². The molecule has 0 saturated heterocycles. The average molecular weight is 249 g/mol. The Hall–Kier alpha value is -0.950. The molecular weight excluding hydrogens is 230 g/mol. The van der Waals surface area contributed by atoms with Crippen LogP contribution in [0.5, 0.6) is 0 Å². The normalized spacial score (nSPS) is 11.7. The van der Waals surface area contributed by atoms with Gasteiger partial charge in [-0.1, -0.05) is 30.9 Å². The zero-order valence-corrected chi connectivity index (χ0v) is 11.0. The molecule has 92 valence electrons. The van der Waals surface area contributed by atoms with Crippen LogP contribution in [0.15, 0.2) is 24.3 Å². The lowest BCUT2D eigenvalue weighted by atomic mass is 10.1. The molecule has 0 amide bonds. The van der Waals surface area contributed by atoms with E-state index in [1.165, 1.54) is 5.56 Å². The van der Waals surface area contributed by atoms with E-state index >= 15 is 0 Å². The van der Waals surface area contributed by atoms with Crippen LogP contribution in [0.25, 0.3) is 0 Å². The number of hydrogen-bond acceptors (Lipinski definition) is 3. The summed E-state index contributed by atoms with van der Waals surface area (Å²) in [5, 5.41) is 8.93. The van der Waals surface area contributed by atoms with Gasteiger partial charge in [-0.2, -0.15) is 11.8 Å². The van der Waals surface area contributed by atoms with E-state index in [4.69, 9.17) is 10.8 Å². The zero-order chi connectivity index (χ0) is 12.5. The van der Waals surface area contributed by atoms with Gasteiger partial charge < -0.3 is 10.8 Å². The summed E-state index contributed by atoms with van der Waals surface area (Å²) in [4.78, 5) is 0. The summed E-state index contributed by atoms with van der Waals surface area (Å²) < 4.78 is 0. The quantitative estimate of drug-likeness (QED) is 0.783. The van der Waals surface area contributed by atoms with E-state index in [1.807, 2.05) is 23.9 Å². The molecule has 0 bridgehead atoms. The van der Waals surface area contributed by atoms with Crippen LogP contribution in [0.3, 0.4) is 0 Å². The zero-order valence-electron chi connectivity index (χ0n) is 10.1. The minimum Gasteiger partial charge on any atom is -0.396 e. The Labute approximate surface area is 108 Å². The van der Waals surface area contributed by atoms with E-state index in [9.17, 15) is 0 Å². The minimum absolute atomic E-state index is 0.259. The largest absolute Gasteiger partial charge is 0.396 e. The summed E-state index contributed by atoms with van der Waals surface area (Å²) in [7, 11) is 0. The molecule has 0 saturated carbocycles. The number of rotatable bonds is 5. The second kappa shape index (κ2) is 8.19. The van der Waals surface area contributed by atoms with Crippen molar-refractivity contribution in [1.82, 2.24) is 0 Å². The van der Waals surface area contributed by atoms with Gasteiger partial charge in [0.25, 0.3) is 0 Å². The Kier molecular flexibility index (Phi) is 6.80. The second-order valence-electron chi connectivity index (χ2n) is 4.01. The van der Waals surface area contributed by atoms with Crippen LogP contribution in [0.1, 0.15) is 18.1 Å². The number of hydrogen-bond donors (Lipinski definition) is 2. The lowest BCUT2D eigenvalue weighted by Crippen LogP contribution is -2.03. The first-order chi connectivity index (χ1) is 8.26. The average Bonchev–Trinajstić information content (AvgIpc) is 2.36. The van der Waals surface area contributed by atoms with Gasteiger partial charge in [-0.05, 0) is 29.4 Å². The van der Waals surface area contributed by atoms with Crippen molar-refractivity contribution in [3.05, 3.63) is 35.4 Å². The summed E-state index contributed by atoms with van der Waals surface area (Å²) in [6.45, 7) is 2.71. The van der Waals surface area contributed by atoms with E-state index in [0.717, 1.165) is 17.1 Å². The maximum atomic E-state index is 8.93.